The van der Waals surface area contributed by atoms with E-state index in [9.17, 15) is 4.79 Å². The summed E-state index contributed by atoms with van der Waals surface area (Å²) in [7, 11) is 0. The molecule has 1 spiro atoms. The summed E-state index contributed by atoms with van der Waals surface area (Å²) in [4.78, 5) is 15.0. The molecule has 2 saturated heterocycles. The summed E-state index contributed by atoms with van der Waals surface area (Å²) in [6.45, 7) is 4.05. The van der Waals surface area contributed by atoms with Crippen LogP contribution in [0.5, 0.6) is 0 Å². The van der Waals surface area contributed by atoms with Crippen LogP contribution in [-0.4, -0.2) is 37.0 Å². The quantitative estimate of drug-likeness (QED) is 0.876. The Labute approximate surface area is 131 Å². The molecule has 2 heterocycles. The van der Waals surface area contributed by atoms with Crippen LogP contribution in [0.25, 0.3) is 10.8 Å². The van der Waals surface area contributed by atoms with Gasteiger partial charge in [0.25, 0.3) is 5.91 Å². The number of fused-ring (bicyclic) bond motifs is 1. The molecule has 3 nitrogen and oxygen atoms in total. The van der Waals surface area contributed by atoms with Gasteiger partial charge in [0.15, 0.2) is 0 Å². The van der Waals surface area contributed by atoms with E-state index in [2.05, 4.69) is 23.5 Å². The SMILES string of the molecule is O=C(c1cccc2ccccc12)N1CCC2(CCNC2)CC1. The van der Waals surface area contributed by atoms with E-state index in [0.29, 0.717) is 5.41 Å². The third-order valence-electron chi connectivity index (χ3n) is 5.46. The highest BCUT2D eigenvalue weighted by Gasteiger charge is 2.38. The standard InChI is InChI=1S/C19H22N2O/c22-18(17-7-3-5-15-4-1-2-6-16(15)17)21-12-9-19(10-13-21)8-11-20-14-19/h1-7,20H,8-14H2. The average molecular weight is 294 g/mol. The van der Waals surface area contributed by atoms with Crippen LogP contribution in [0.1, 0.15) is 29.6 Å². The van der Waals surface area contributed by atoms with Gasteiger partial charge >= 0.3 is 0 Å². The molecule has 4 rings (SSSR count). The topological polar surface area (TPSA) is 32.3 Å². The Morgan fingerprint density at radius 2 is 1.77 bits per heavy atom. The van der Waals surface area contributed by atoms with E-state index in [4.69, 9.17) is 0 Å². The van der Waals surface area contributed by atoms with Crippen molar-refractivity contribution in [3.8, 4) is 0 Å². The number of likely N-dealkylation sites (tertiary alicyclic amines) is 1. The summed E-state index contributed by atoms with van der Waals surface area (Å²) in [5.41, 5.74) is 1.30. The zero-order chi connectivity index (χ0) is 15.0. The number of hydrogen-bond donors (Lipinski definition) is 1. The summed E-state index contributed by atoms with van der Waals surface area (Å²) < 4.78 is 0. The van der Waals surface area contributed by atoms with Gasteiger partial charge in [-0.25, -0.2) is 0 Å². The lowest BCUT2D eigenvalue weighted by Crippen LogP contribution is -2.44. The van der Waals surface area contributed by atoms with Gasteiger partial charge < -0.3 is 10.2 Å². The molecule has 0 atom stereocenters. The number of carbonyl (C=O) groups is 1. The van der Waals surface area contributed by atoms with Crippen LogP contribution < -0.4 is 5.32 Å². The van der Waals surface area contributed by atoms with E-state index < -0.39 is 0 Å². The fraction of sp³-hybridized carbons (Fsp3) is 0.421. The maximum atomic E-state index is 12.9. The Balaban J connectivity index is 1.57. The van der Waals surface area contributed by atoms with E-state index >= 15 is 0 Å². The second kappa shape index (κ2) is 5.40. The summed E-state index contributed by atoms with van der Waals surface area (Å²) in [5, 5.41) is 5.69. The number of nitrogens with one attached hydrogen (secondary N) is 1. The molecule has 2 aromatic carbocycles. The number of hydrogen-bond acceptors (Lipinski definition) is 2. The number of rotatable bonds is 1. The molecular formula is C19H22N2O. The first-order chi connectivity index (χ1) is 10.8. The second-order valence-electron chi connectivity index (χ2n) is 6.75. The van der Waals surface area contributed by atoms with Crippen molar-refractivity contribution in [3.63, 3.8) is 0 Å². The maximum Gasteiger partial charge on any atom is 0.254 e. The van der Waals surface area contributed by atoms with E-state index in [-0.39, 0.29) is 5.91 Å². The normalized spacial score (nSPS) is 20.6. The van der Waals surface area contributed by atoms with Crippen molar-refractivity contribution in [2.24, 2.45) is 5.41 Å². The fourth-order valence-electron chi connectivity index (χ4n) is 3.99. The maximum absolute atomic E-state index is 12.9. The number of piperidine rings is 1. The molecule has 0 bridgehead atoms. The predicted octanol–water partition coefficient (Wildman–Crippen LogP) is 3.06. The lowest BCUT2D eigenvalue weighted by molar-refractivity contribution is 0.0609. The van der Waals surface area contributed by atoms with E-state index in [1.807, 2.05) is 29.2 Å². The Bertz CT molecular complexity index is 688. The second-order valence-corrected chi connectivity index (χ2v) is 6.75. The van der Waals surface area contributed by atoms with E-state index in [1.54, 1.807) is 0 Å². The van der Waals surface area contributed by atoms with Crippen LogP contribution >= 0.6 is 0 Å². The predicted molar refractivity (Wildman–Crippen MR) is 89.0 cm³/mol. The third kappa shape index (κ3) is 2.30. The lowest BCUT2D eigenvalue weighted by atomic mass is 9.77. The van der Waals surface area contributed by atoms with Gasteiger partial charge in [-0.15, -0.1) is 0 Å². The molecule has 2 fully saturated rings. The van der Waals surface area contributed by atoms with E-state index in [0.717, 1.165) is 55.4 Å². The molecule has 0 radical (unpaired) electrons. The van der Waals surface area contributed by atoms with Gasteiger partial charge in [-0.05, 0) is 48.1 Å². The van der Waals surface area contributed by atoms with Gasteiger partial charge in [-0.2, -0.15) is 0 Å². The van der Waals surface area contributed by atoms with Crippen LogP contribution in [-0.2, 0) is 0 Å². The molecular weight excluding hydrogens is 272 g/mol. The van der Waals surface area contributed by atoms with Gasteiger partial charge in [-0.3, -0.25) is 4.79 Å². The Morgan fingerprint density at radius 1 is 1.00 bits per heavy atom. The molecule has 1 N–H and O–H groups in total. The Hall–Kier alpha value is -1.87. The van der Waals surface area contributed by atoms with Crippen molar-refractivity contribution >= 4 is 16.7 Å². The van der Waals surface area contributed by atoms with Crippen molar-refractivity contribution in [2.45, 2.75) is 19.3 Å². The highest BCUT2D eigenvalue weighted by Crippen LogP contribution is 2.37. The van der Waals surface area contributed by atoms with Gasteiger partial charge in [0.1, 0.15) is 0 Å². The number of amides is 1. The molecule has 114 valence electrons. The lowest BCUT2D eigenvalue weighted by Gasteiger charge is -2.39. The molecule has 0 unspecified atom stereocenters. The summed E-state index contributed by atoms with van der Waals surface area (Å²) in [6.07, 6.45) is 3.54. The first-order valence-electron chi connectivity index (χ1n) is 8.25. The number of nitrogens with zero attached hydrogens (tertiary/aromatic N) is 1. The monoisotopic (exact) mass is 294 g/mol. The van der Waals surface area contributed by atoms with Gasteiger partial charge in [0.05, 0.1) is 0 Å². The molecule has 0 aliphatic carbocycles. The third-order valence-corrected chi connectivity index (χ3v) is 5.46. The Morgan fingerprint density at radius 3 is 2.55 bits per heavy atom. The van der Waals surface area contributed by atoms with Crippen LogP contribution in [0.15, 0.2) is 42.5 Å². The molecule has 1 amide bonds. The average Bonchev–Trinajstić information content (AvgIpc) is 3.02. The molecule has 0 aromatic heterocycles. The van der Waals surface area contributed by atoms with Crippen molar-refractivity contribution in [1.29, 1.82) is 0 Å². The summed E-state index contributed by atoms with van der Waals surface area (Å²) in [5.74, 6) is 0.192. The Kier molecular flexibility index (Phi) is 3.38. The molecule has 2 aliphatic rings. The van der Waals surface area contributed by atoms with Gasteiger partial charge in [0.2, 0.25) is 0 Å². The number of carbonyl (C=O) groups excluding carboxylic acids is 1. The molecule has 2 aromatic rings. The van der Waals surface area contributed by atoms with Gasteiger partial charge in [0, 0.05) is 25.2 Å². The van der Waals surface area contributed by atoms with Crippen LogP contribution in [0, 0.1) is 5.41 Å². The van der Waals surface area contributed by atoms with Gasteiger partial charge in [-0.1, -0.05) is 36.4 Å². The summed E-state index contributed by atoms with van der Waals surface area (Å²) >= 11 is 0. The first-order valence-corrected chi connectivity index (χ1v) is 8.25. The van der Waals surface area contributed by atoms with Crippen LogP contribution in [0.4, 0.5) is 0 Å². The summed E-state index contributed by atoms with van der Waals surface area (Å²) in [6, 6.07) is 14.2. The minimum absolute atomic E-state index is 0.192. The zero-order valence-corrected chi connectivity index (χ0v) is 12.8. The number of benzene rings is 2. The van der Waals surface area contributed by atoms with Crippen LogP contribution in [0.3, 0.4) is 0 Å². The molecule has 22 heavy (non-hydrogen) atoms. The van der Waals surface area contributed by atoms with Crippen molar-refractivity contribution in [2.75, 3.05) is 26.2 Å². The highest BCUT2D eigenvalue weighted by atomic mass is 16.2. The van der Waals surface area contributed by atoms with Crippen molar-refractivity contribution in [1.82, 2.24) is 10.2 Å². The van der Waals surface area contributed by atoms with E-state index in [1.165, 1.54) is 6.42 Å². The van der Waals surface area contributed by atoms with Crippen molar-refractivity contribution in [3.05, 3.63) is 48.0 Å². The molecule has 0 saturated carbocycles. The largest absolute Gasteiger partial charge is 0.339 e. The minimum atomic E-state index is 0.192. The smallest absolute Gasteiger partial charge is 0.254 e. The van der Waals surface area contributed by atoms with Crippen LogP contribution in [0.2, 0.25) is 0 Å². The fourth-order valence-corrected chi connectivity index (χ4v) is 3.99. The highest BCUT2D eigenvalue weighted by molar-refractivity contribution is 6.07. The zero-order valence-electron chi connectivity index (χ0n) is 12.8. The molecule has 2 aliphatic heterocycles. The minimum Gasteiger partial charge on any atom is -0.339 e. The molecule has 3 heteroatoms. The first kappa shape index (κ1) is 13.8. The van der Waals surface area contributed by atoms with Crippen molar-refractivity contribution < 1.29 is 4.79 Å².